The molecule has 0 spiro atoms. The molecule has 0 aliphatic heterocycles. The van der Waals surface area contributed by atoms with Crippen molar-refractivity contribution in [2.75, 3.05) is 32.9 Å². The van der Waals surface area contributed by atoms with E-state index in [1.165, 1.54) is 0 Å². The number of likely N-dealkylation sites (N-methyl/N-ethyl adjacent to an activating group) is 1. The Balaban J connectivity index is 3.47. The molecule has 0 radical (unpaired) electrons. The molecular formula is C9H20N2OS. The van der Waals surface area contributed by atoms with E-state index < -0.39 is 0 Å². The van der Waals surface area contributed by atoms with Crippen LogP contribution in [0.15, 0.2) is 0 Å². The minimum atomic E-state index is 0.163. The maximum atomic E-state index is 11.3. The van der Waals surface area contributed by atoms with Crippen molar-refractivity contribution in [1.29, 1.82) is 0 Å². The Hall–Kier alpha value is -0.220. The van der Waals surface area contributed by atoms with E-state index in [-0.39, 0.29) is 5.91 Å². The average molecular weight is 204 g/mol. The molecule has 13 heavy (non-hydrogen) atoms. The van der Waals surface area contributed by atoms with Gasteiger partial charge < -0.3 is 10.2 Å². The lowest BCUT2D eigenvalue weighted by Gasteiger charge is -2.15. The second-order valence-corrected chi connectivity index (χ2v) is 4.36. The summed E-state index contributed by atoms with van der Waals surface area (Å²) < 4.78 is 0. The van der Waals surface area contributed by atoms with Crippen molar-refractivity contribution in [2.45, 2.75) is 19.1 Å². The zero-order valence-corrected chi connectivity index (χ0v) is 9.78. The van der Waals surface area contributed by atoms with Crippen LogP contribution in [0.3, 0.4) is 0 Å². The zero-order chi connectivity index (χ0) is 10.3. The van der Waals surface area contributed by atoms with Crippen LogP contribution >= 0.6 is 11.8 Å². The molecule has 0 saturated carbocycles. The third kappa shape index (κ3) is 5.93. The molecule has 0 aliphatic rings. The Morgan fingerprint density at radius 2 is 2.23 bits per heavy atom. The lowest BCUT2D eigenvalue weighted by atomic mass is 10.4. The number of amides is 1. The van der Waals surface area contributed by atoms with Gasteiger partial charge in [0, 0.05) is 25.4 Å². The standard InChI is InChI=1S/C9H20N2OS/c1-5-11(3)9(12)7-10-6-8(2)13-4/h8,10H,5-7H2,1-4H3. The van der Waals surface area contributed by atoms with Gasteiger partial charge in [-0.05, 0) is 13.2 Å². The number of carbonyl (C=O) groups is 1. The average Bonchev–Trinajstić information content (AvgIpc) is 2.15. The Morgan fingerprint density at radius 1 is 1.62 bits per heavy atom. The molecule has 0 aromatic rings. The third-order valence-corrected chi connectivity index (χ3v) is 2.98. The van der Waals surface area contributed by atoms with Gasteiger partial charge in [-0.25, -0.2) is 0 Å². The van der Waals surface area contributed by atoms with Gasteiger partial charge in [0.25, 0.3) is 0 Å². The summed E-state index contributed by atoms with van der Waals surface area (Å²) in [6.07, 6.45) is 2.08. The molecule has 4 heteroatoms. The predicted molar refractivity (Wildman–Crippen MR) is 59.2 cm³/mol. The summed E-state index contributed by atoms with van der Waals surface area (Å²) in [6, 6.07) is 0. The van der Waals surface area contributed by atoms with Crippen molar-refractivity contribution < 1.29 is 4.79 Å². The van der Waals surface area contributed by atoms with Crippen LogP contribution in [0.25, 0.3) is 0 Å². The van der Waals surface area contributed by atoms with Gasteiger partial charge in [-0.2, -0.15) is 11.8 Å². The summed E-state index contributed by atoms with van der Waals surface area (Å²) in [6.45, 7) is 6.24. The van der Waals surface area contributed by atoms with Crippen LogP contribution in [-0.4, -0.2) is 49.0 Å². The highest BCUT2D eigenvalue weighted by Gasteiger charge is 2.06. The van der Waals surface area contributed by atoms with E-state index in [0.29, 0.717) is 11.8 Å². The van der Waals surface area contributed by atoms with E-state index in [9.17, 15) is 4.79 Å². The normalized spacial score (nSPS) is 12.6. The van der Waals surface area contributed by atoms with E-state index in [4.69, 9.17) is 0 Å². The summed E-state index contributed by atoms with van der Waals surface area (Å²) in [5.74, 6) is 0.163. The van der Waals surface area contributed by atoms with Gasteiger partial charge in [0.05, 0.1) is 6.54 Å². The predicted octanol–water partition coefficient (Wildman–Crippen LogP) is 0.806. The van der Waals surface area contributed by atoms with Crippen molar-refractivity contribution in [3.05, 3.63) is 0 Å². The molecule has 0 fully saturated rings. The molecule has 1 N–H and O–H groups in total. The molecule has 0 aliphatic carbocycles. The van der Waals surface area contributed by atoms with Crippen LogP contribution in [0.5, 0.6) is 0 Å². The lowest BCUT2D eigenvalue weighted by Crippen LogP contribution is -2.37. The number of nitrogens with zero attached hydrogens (tertiary/aromatic N) is 1. The van der Waals surface area contributed by atoms with Gasteiger partial charge in [-0.3, -0.25) is 4.79 Å². The van der Waals surface area contributed by atoms with Crippen LogP contribution < -0.4 is 5.32 Å². The zero-order valence-electron chi connectivity index (χ0n) is 8.96. The third-order valence-electron chi connectivity index (χ3n) is 2.01. The molecule has 3 nitrogen and oxygen atoms in total. The van der Waals surface area contributed by atoms with Crippen LogP contribution in [0, 0.1) is 0 Å². The number of thioether (sulfide) groups is 1. The van der Waals surface area contributed by atoms with Gasteiger partial charge in [0.1, 0.15) is 0 Å². The number of nitrogens with one attached hydrogen (secondary N) is 1. The van der Waals surface area contributed by atoms with Gasteiger partial charge in [-0.1, -0.05) is 6.92 Å². The summed E-state index contributed by atoms with van der Waals surface area (Å²) >= 11 is 1.80. The maximum absolute atomic E-state index is 11.3. The molecular weight excluding hydrogens is 184 g/mol. The second-order valence-electron chi connectivity index (χ2n) is 3.09. The molecule has 0 bridgehead atoms. The smallest absolute Gasteiger partial charge is 0.236 e. The number of carbonyl (C=O) groups excluding carboxylic acids is 1. The highest BCUT2D eigenvalue weighted by Crippen LogP contribution is 2.01. The van der Waals surface area contributed by atoms with E-state index in [0.717, 1.165) is 13.1 Å². The first-order valence-electron chi connectivity index (χ1n) is 4.59. The monoisotopic (exact) mass is 204 g/mol. The highest BCUT2D eigenvalue weighted by molar-refractivity contribution is 7.99. The molecule has 1 unspecified atom stereocenters. The number of hydrogen-bond acceptors (Lipinski definition) is 3. The number of rotatable bonds is 6. The van der Waals surface area contributed by atoms with Crippen molar-refractivity contribution in [3.8, 4) is 0 Å². The molecule has 78 valence electrons. The SMILES string of the molecule is CCN(C)C(=O)CNCC(C)SC. The van der Waals surface area contributed by atoms with E-state index in [2.05, 4.69) is 18.5 Å². The van der Waals surface area contributed by atoms with Crippen molar-refractivity contribution in [3.63, 3.8) is 0 Å². The Kier molecular flexibility index (Phi) is 7.09. The molecule has 0 rings (SSSR count). The summed E-state index contributed by atoms with van der Waals surface area (Å²) in [4.78, 5) is 13.0. The first kappa shape index (κ1) is 12.8. The highest BCUT2D eigenvalue weighted by atomic mass is 32.2. The first-order valence-corrected chi connectivity index (χ1v) is 5.88. The minimum absolute atomic E-state index is 0.163. The van der Waals surface area contributed by atoms with Gasteiger partial charge >= 0.3 is 0 Å². The second kappa shape index (κ2) is 7.21. The molecule has 1 atom stereocenters. The van der Waals surface area contributed by atoms with Gasteiger partial charge in [0.2, 0.25) is 5.91 Å². The molecule has 0 aromatic carbocycles. The van der Waals surface area contributed by atoms with E-state index in [1.807, 2.05) is 14.0 Å². The summed E-state index contributed by atoms with van der Waals surface area (Å²) in [5.41, 5.74) is 0. The minimum Gasteiger partial charge on any atom is -0.345 e. The van der Waals surface area contributed by atoms with Crippen LogP contribution in [0.1, 0.15) is 13.8 Å². The lowest BCUT2D eigenvalue weighted by molar-refractivity contribution is -0.128. The molecule has 0 aromatic heterocycles. The van der Waals surface area contributed by atoms with Crippen LogP contribution in [0.2, 0.25) is 0 Å². The van der Waals surface area contributed by atoms with E-state index >= 15 is 0 Å². The fourth-order valence-electron chi connectivity index (χ4n) is 0.777. The van der Waals surface area contributed by atoms with Crippen molar-refractivity contribution in [1.82, 2.24) is 10.2 Å². The largest absolute Gasteiger partial charge is 0.345 e. The Morgan fingerprint density at radius 3 is 2.69 bits per heavy atom. The van der Waals surface area contributed by atoms with Crippen molar-refractivity contribution in [2.24, 2.45) is 0 Å². The Labute approximate surface area is 85.3 Å². The molecule has 1 amide bonds. The maximum Gasteiger partial charge on any atom is 0.236 e. The van der Waals surface area contributed by atoms with Crippen LogP contribution in [0.4, 0.5) is 0 Å². The Bertz CT molecular complexity index is 153. The van der Waals surface area contributed by atoms with Gasteiger partial charge in [0.15, 0.2) is 0 Å². The molecule has 0 saturated heterocycles. The van der Waals surface area contributed by atoms with Crippen molar-refractivity contribution >= 4 is 17.7 Å². The number of hydrogen-bond donors (Lipinski definition) is 1. The first-order chi connectivity index (χ1) is 6.11. The topological polar surface area (TPSA) is 32.3 Å². The quantitative estimate of drug-likeness (QED) is 0.695. The molecule has 0 heterocycles. The fourth-order valence-corrected chi connectivity index (χ4v) is 1.06. The van der Waals surface area contributed by atoms with Crippen LogP contribution in [-0.2, 0) is 4.79 Å². The summed E-state index contributed by atoms with van der Waals surface area (Å²) in [5, 5.41) is 3.71. The fraction of sp³-hybridized carbons (Fsp3) is 0.889. The van der Waals surface area contributed by atoms with E-state index in [1.54, 1.807) is 16.7 Å². The summed E-state index contributed by atoms with van der Waals surface area (Å²) in [7, 11) is 1.82. The van der Waals surface area contributed by atoms with Gasteiger partial charge in [-0.15, -0.1) is 0 Å².